The maximum absolute atomic E-state index is 13.0. The summed E-state index contributed by atoms with van der Waals surface area (Å²) >= 11 is 0. The van der Waals surface area contributed by atoms with E-state index in [1.165, 1.54) is 0 Å². The summed E-state index contributed by atoms with van der Waals surface area (Å²) in [6, 6.07) is 6.09. The van der Waals surface area contributed by atoms with Gasteiger partial charge in [0.05, 0.1) is 0 Å². The first-order valence-corrected chi connectivity index (χ1v) is 4.87. The first kappa shape index (κ1) is 11.2. The van der Waals surface area contributed by atoms with Crippen molar-refractivity contribution in [2.45, 2.75) is 26.2 Å². The Morgan fingerprint density at radius 3 is 2.50 bits per heavy atom. The summed E-state index contributed by atoms with van der Waals surface area (Å²) in [5.41, 5.74) is 8.39. The molecule has 14 heavy (non-hydrogen) atoms. The number of benzene rings is 1. The Labute approximate surface area is 85.1 Å². The molecule has 0 amide bonds. The van der Waals surface area contributed by atoms with Gasteiger partial charge in [-0.15, -0.1) is 0 Å². The number of hydrogen-bond acceptors (Lipinski definition) is 1. The van der Waals surface area contributed by atoms with Gasteiger partial charge < -0.3 is 5.73 Å². The minimum Gasteiger partial charge on any atom is -0.329 e. The molecule has 0 spiro atoms. The Bertz CT molecular complexity index is 316. The molecule has 1 rings (SSSR count). The Hall–Kier alpha value is -0.890. The van der Waals surface area contributed by atoms with Crippen molar-refractivity contribution in [2.75, 3.05) is 13.2 Å². The van der Waals surface area contributed by atoms with Gasteiger partial charge in [0.25, 0.3) is 0 Å². The lowest BCUT2D eigenvalue weighted by Crippen LogP contribution is -2.34. The molecule has 1 atom stereocenters. The van der Waals surface area contributed by atoms with E-state index < -0.39 is 12.1 Å². The van der Waals surface area contributed by atoms with Crippen LogP contribution in [0.2, 0.25) is 0 Å². The van der Waals surface area contributed by atoms with Gasteiger partial charge in [0.1, 0.15) is 6.67 Å². The molecule has 0 heterocycles. The van der Waals surface area contributed by atoms with Crippen molar-refractivity contribution in [3.05, 3.63) is 34.9 Å². The monoisotopic (exact) mass is 195 g/mol. The average molecular weight is 195 g/mol. The normalized spacial score (nSPS) is 15.2. The van der Waals surface area contributed by atoms with Crippen LogP contribution >= 0.6 is 0 Å². The molecule has 2 N–H and O–H groups in total. The van der Waals surface area contributed by atoms with Crippen LogP contribution in [0.5, 0.6) is 0 Å². The van der Waals surface area contributed by atoms with Gasteiger partial charge >= 0.3 is 0 Å². The van der Waals surface area contributed by atoms with Crippen molar-refractivity contribution in [1.82, 2.24) is 0 Å². The Morgan fingerprint density at radius 1 is 1.36 bits per heavy atom. The lowest BCUT2D eigenvalue weighted by Gasteiger charge is -2.27. The molecule has 0 bridgehead atoms. The van der Waals surface area contributed by atoms with E-state index in [0.29, 0.717) is 6.54 Å². The lowest BCUT2D eigenvalue weighted by atomic mass is 9.81. The van der Waals surface area contributed by atoms with Crippen LogP contribution in [0, 0.1) is 13.8 Å². The van der Waals surface area contributed by atoms with E-state index in [9.17, 15) is 4.39 Å². The van der Waals surface area contributed by atoms with Crippen LogP contribution in [0.25, 0.3) is 0 Å². The molecule has 78 valence electrons. The number of hydrogen-bond donors (Lipinski definition) is 1. The third-order valence-corrected chi connectivity index (χ3v) is 2.79. The summed E-state index contributed by atoms with van der Waals surface area (Å²) in [7, 11) is 0. The molecule has 1 aromatic carbocycles. The van der Waals surface area contributed by atoms with Crippen LogP contribution in [0.3, 0.4) is 0 Å². The van der Waals surface area contributed by atoms with Crippen LogP contribution in [-0.2, 0) is 5.41 Å². The maximum Gasteiger partial charge on any atom is 0.100 e. The molecular weight excluding hydrogens is 177 g/mol. The maximum atomic E-state index is 13.0. The van der Waals surface area contributed by atoms with Crippen LogP contribution < -0.4 is 5.73 Å². The Morgan fingerprint density at radius 2 is 2.00 bits per heavy atom. The topological polar surface area (TPSA) is 26.0 Å². The first-order valence-electron chi connectivity index (χ1n) is 4.87. The number of alkyl halides is 1. The highest BCUT2D eigenvalue weighted by atomic mass is 19.1. The van der Waals surface area contributed by atoms with Crippen molar-refractivity contribution in [1.29, 1.82) is 0 Å². The Kier molecular flexibility index (Phi) is 3.27. The molecule has 0 saturated heterocycles. The summed E-state index contributed by atoms with van der Waals surface area (Å²) in [5, 5.41) is 0. The van der Waals surface area contributed by atoms with Gasteiger partial charge in [0.15, 0.2) is 0 Å². The molecule has 0 radical (unpaired) electrons. The molecule has 2 heteroatoms. The van der Waals surface area contributed by atoms with E-state index in [1.54, 1.807) is 0 Å². The third kappa shape index (κ3) is 1.95. The third-order valence-electron chi connectivity index (χ3n) is 2.79. The van der Waals surface area contributed by atoms with E-state index >= 15 is 0 Å². The lowest BCUT2D eigenvalue weighted by molar-refractivity contribution is 0.333. The number of aryl methyl sites for hydroxylation is 2. The van der Waals surface area contributed by atoms with Crippen LogP contribution in [0.4, 0.5) is 4.39 Å². The fourth-order valence-corrected chi connectivity index (χ4v) is 1.62. The molecule has 1 unspecified atom stereocenters. The second-order valence-corrected chi connectivity index (χ2v) is 4.22. The molecule has 0 aliphatic rings. The molecule has 1 aromatic rings. The zero-order valence-electron chi connectivity index (χ0n) is 9.10. The van der Waals surface area contributed by atoms with Crippen molar-refractivity contribution in [3.63, 3.8) is 0 Å². The van der Waals surface area contributed by atoms with Gasteiger partial charge in [-0.05, 0) is 25.0 Å². The minimum atomic E-state index is -0.532. The van der Waals surface area contributed by atoms with Gasteiger partial charge in [-0.2, -0.15) is 0 Å². The van der Waals surface area contributed by atoms with Crippen molar-refractivity contribution in [3.8, 4) is 0 Å². The fourth-order valence-electron chi connectivity index (χ4n) is 1.62. The van der Waals surface area contributed by atoms with Gasteiger partial charge in [-0.3, -0.25) is 4.39 Å². The highest BCUT2D eigenvalue weighted by molar-refractivity contribution is 5.36. The van der Waals surface area contributed by atoms with E-state index in [2.05, 4.69) is 0 Å². The molecule has 0 fully saturated rings. The Balaban J connectivity index is 3.22. The molecule has 0 aromatic heterocycles. The largest absolute Gasteiger partial charge is 0.329 e. The van der Waals surface area contributed by atoms with Crippen LogP contribution in [0.1, 0.15) is 23.6 Å². The molecule has 0 saturated carbocycles. The van der Waals surface area contributed by atoms with Crippen molar-refractivity contribution in [2.24, 2.45) is 5.73 Å². The molecule has 0 aliphatic heterocycles. The summed E-state index contributed by atoms with van der Waals surface area (Å²) in [6.45, 7) is 5.81. The van der Waals surface area contributed by atoms with E-state index in [4.69, 9.17) is 5.73 Å². The molecule has 0 aliphatic carbocycles. The van der Waals surface area contributed by atoms with Crippen LogP contribution in [-0.4, -0.2) is 13.2 Å². The average Bonchev–Trinajstić information content (AvgIpc) is 2.20. The standard InChI is InChI=1S/C12H18FN/c1-9-4-5-10(2)11(6-9)12(3,7-13)8-14/h4-6H,7-8,14H2,1-3H3. The zero-order chi connectivity index (χ0) is 10.8. The SMILES string of the molecule is Cc1ccc(C)c(C(C)(CN)CF)c1. The number of rotatable bonds is 3. The second-order valence-electron chi connectivity index (χ2n) is 4.22. The predicted molar refractivity (Wildman–Crippen MR) is 58.3 cm³/mol. The minimum absolute atomic E-state index is 0.341. The van der Waals surface area contributed by atoms with Gasteiger partial charge in [-0.1, -0.05) is 30.7 Å². The number of halogens is 1. The van der Waals surface area contributed by atoms with Crippen LogP contribution in [0.15, 0.2) is 18.2 Å². The molecular formula is C12H18FN. The smallest absolute Gasteiger partial charge is 0.100 e. The van der Waals surface area contributed by atoms with E-state index in [1.807, 2.05) is 39.0 Å². The van der Waals surface area contributed by atoms with Gasteiger partial charge in [-0.25, -0.2) is 0 Å². The van der Waals surface area contributed by atoms with Gasteiger partial charge in [0.2, 0.25) is 0 Å². The number of nitrogens with two attached hydrogens (primary N) is 1. The van der Waals surface area contributed by atoms with E-state index in [-0.39, 0.29) is 0 Å². The summed E-state index contributed by atoms with van der Waals surface area (Å²) < 4.78 is 13.0. The highest BCUT2D eigenvalue weighted by Gasteiger charge is 2.26. The second kappa shape index (κ2) is 4.09. The quantitative estimate of drug-likeness (QED) is 0.788. The van der Waals surface area contributed by atoms with E-state index in [0.717, 1.165) is 16.7 Å². The zero-order valence-corrected chi connectivity index (χ0v) is 9.10. The summed E-state index contributed by atoms with van der Waals surface area (Å²) in [4.78, 5) is 0. The van der Waals surface area contributed by atoms with Crippen molar-refractivity contribution >= 4 is 0 Å². The first-order chi connectivity index (χ1) is 6.53. The van der Waals surface area contributed by atoms with Gasteiger partial charge in [0, 0.05) is 12.0 Å². The fraction of sp³-hybridized carbons (Fsp3) is 0.500. The summed E-state index contributed by atoms with van der Waals surface area (Å²) in [6.07, 6.45) is 0. The highest BCUT2D eigenvalue weighted by Crippen LogP contribution is 2.27. The van der Waals surface area contributed by atoms with Crippen molar-refractivity contribution < 1.29 is 4.39 Å². The predicted octanol–water partition coefficient (Wildman–Crippen LogP) is 2.49. The molecule has 1 nitrogen and oxygen atoms in total. The summed E-state index contributed by atoms with van der Waals surface area (Å²) in [5.74, 6) is 0.